The lowest BCUT2D eigenvalue weighted by Crippen LogP contribution is -1.99. The molecule has 0 atom stereocenters. The minimum absolute atomic E-state index is 0.667. The zero-order valence-corrected chi connectivity index (χ0v) is 8.05. The van der Waals surface area contributed by atoms with Gasteiger partial charge in [0.25, 0.3) is 0 Å². The number of benzene rings is 1. The zero-order chi connectivity index (χ0) is 10.0. The van der Waals surface area contributed by atoms with E-state index in [1.165, 1.54) is 0 Å². The molecule has 0 heterocycles. The van der Waals surface area contributed by atoms with Crippen molar-refractivity contribution < 1.29 is 9.59 Å². The normalized spacial score (nSPS) is 9.77. The Balaban J connectivity index is 3.54. The molecule has 0 N–H and O–H groups in total. The Morgan fingerprint density at radius 3 is 2.08 bits per heavy atom. The molecule has 68 valence electrons. The van der Waals surface area contributed by atoms with Gasteiger partial charge in [0.2, 0.25) is 0 Å². The summed E-state index contributed by atoms with van der Waals surface area (Å²) in [7, 11) is 0. The third-order valence-electron chi connectivity index (χ3n) is 2.44. The van der Waals surface area contributed by atoms with Crippen LogP contribution >= 0.6 is 0 Å². The van der Waals surface area contributed by atoms with E-state index in [1.807, 2.05) is 20.8 Å². The van der Waals surface area contributed by atoms with Gasteiger partial charge in [-0.1, -0.05) is 0 Å². The summed E-state index contributed by atoms with van der Waals surface area (Å²) in [6.45, 7) is 5.55. The first-order valence-corrected chi connectivity index (χ1v) is 4.13. The third kappa shape index (κ3) is 1.52. The fraction of sp³-hybridized carbons (Fsp3) is 0.273. The minimum atomic E-state index is 0.667. The highest BCUT2D eigenvalue weighted by Gasteiger charge is 2.08. The van der Waals surface area contributed by atoms with Crippen LogP contribution in [0.3, 0.4) is 0 Å². The van der Waals surface area contributed by atoms with E-state index in [-0.39, 0.29) is 0 Å². The van der Waals surface area contributed by atoms with Crippen LogP contribution in [0.1, 0.15) is 37.4 Å². The molecule has 0 aliphatic rings. The van der Waals surface area contributed by atoms with Crippen LogP contribution in [0, 0.1) is 20.8 Å². The fourth-order valence-electron chi connectivity index (χ4n) is 1.44. The molecular formula is C11H12O2. The number of aldehydes is 2. The van der Waals surface area contributed by atoms with E-state index in [9.17, 15) is 9.59 Å². The second-order valence-electron chi connectivity index (χ2n) is 3.18. The van der Waals surface area contributed by atoms with Crippen LogP contribution in [0.4, 0.5) is 0 Å². The highest BCUT2D eigenvalue weighted by molar-refractivity contribution is 5.85. The van der Waals surface area contributed by atoms with Gasteiger partial charge in [0.05, 0.1) is 0 Å². The van der Waals surface area contributed by atoms with Crippen LogP contribution in [-0.4, -0.2) is 12.6 Å². The van der Waals surface area contributed by atoms with Crippen LogP contribution < -0.4 is 0 Å². The van der Waals surface area contributed by atoms with Gasteiger partial charge in [-0.15, -0.1) is 0 Å². The topological polar surface area (TPSA) is 34.1 Å². The molecule has 0 radical (unpaired) electrons. The summed E-state index contributed by atoms with van der Waals surface area (Å²) in [5, 5.41) is 0. The predicted molar refractivity (Wildman–Crippen MR) is 51.4 cm³/mol. The molecule has 1 aromatic carbocycles. The predicted octanol–water partition coefficient (Wildman–Crippen LogP) is 2.24. The van der Waals surface area contributed by atoms with Crippen molar-refractivity contribution in [3.63, 3.8) is 0 Å². The van der Waals surface area contributed by atoms with Gasteiger partial charge in [-0.05, 0) is 43.5 Å². The maximum atomic E-state index is 10.7. The molecule has 1 aromatic rings. The SMILES string of the molecule is Cc1cc(C=O)c(C)c(C)c1C=O. The van der Waals surface area contributed by atoms with Crippen molar-refractivity contribution in [1.29, 1.82) is 0 Å². The molecule has 2 nitrogen and oxygen atoms in total. The Labute approximate surface area is 77.6 Å². The van der Waals surface area contributed by atoms with Crippen LogP contribution in [0.15, 0.2) is 6.07 Å². The lowest BCUT2D eigenvalue weighted by Gasteiger charge is -2.08. The van der Waals surface area contributed by atoms with Crippen molar-refractivity contribution in [2.75, 3.05) is 0 Å². The summed E-state index contributed by atoms with van der Waals surface area (Å²) in [6, 6.07) is 1.75. The number of aryl methyl sites for hydroxylation is 1. The fourth-order valence-corrected chi connectivity index (χ4v) is 1.44. The van der Waals surface area contributed by atoms with E-state index in [2.05, 4.69) is 0 Å². The highest BCUT2D eigenvalue weighted by atomic mass is 16.1. The molecule has 0 aliphatic carbocycles. The van der Waals surface area contributed by atoms with Gasteiger partial charge >= 0.3 is 0 Å². The average Bonchev–Trinajstić information content (AvgIpc) is 2.12. The van der Waals surface area contributed by atoms with E-state index in [1.54, 1.807) is 6.07 Å². The number of carbonyl (C=O) groups excluding carboxylic acids is 2. The molecule has 2 heteroatoms. The molecule has 0 saturated carbocycles. The van der Waals surface area contributed by atoms with Gasteiger partial charge in [-0.25, -0.2) is 0 Å². The van der Waals surface area contributed by atoms with Gasteiger partial charge < -0.3 is 0 Å². The maximum Gasteiger partial charge on any atom is 0.150 e. The van der Waals surface area contributed by atoms with Gasteiger partial charge in [-0.3, -0.25) is 9.59 Å². The average molecular weight is 176 g/mol. The molecular weight excluding hydrogens is 164 g/mol. The van der Waals surface area contributed by atoms with Crippen LogP contribution in [0.2, 0.25) is 0 Å². The summed E-state index contributed by atoms with van der Waals surface area (Å²) < 4.78 is 0. The van der Waals surface area contributed by atoms with Gasteiger partial charge in [-0.2, -0.15) is 0 Å². The maximum absolute atomic E-state index is 10.7. The van der Waals surface area contributed by atoms with Crippen molar-refractivity contribution in [2.45, 2.75) is 20.8 Å². The summed E-state index contributed by atoms with van der Waals surface area (Å²) in [4.78, 5) is 21.4. The molecule has 0 unspecified atom stereocenters. The summed E-state index contributed by atoms with van der Waals surface area (Å²) in [6.07, 6.45) is 1.66. The zero-order valence-electron chi connectivity index (χ0n) is 8.05. The Kier molecular flexibility index (Phi) is 2.61. The Morgan fingerprint density at radius 1 is 1.00 bits per heavy atom. The first-order chi connectivity index (χ1) is 6.11. The molecule has 0 fully saturated rings. The quantitative estimate of drug-likeness (QED) is 0.647. The summed E-state index contributed by atoms with van der Waals surface area (Å²) in [5.41, 5.74) is 4.02. The molecule has 0 saturated heterocycles. The number of carbonyl (C=O) groups is 2. The van der Waals surface area contributed by atoms with Crippen molar-refractivity contribution in [2.24, 2.45) is 0 Å². The lowest BCUT2D eigenvalue weighted by molar-refractivity contribution is 0.111. The van der Waals surface area contributed by atoms with Gasteiger partial charge in [0.15, 0.2) is 6.29 Å². The third-order valence-corrected chi connectivity index (χ3v) is 2.44. The first kappa shape index (κ1) is 9.65. The van der Waals surface area contributed by atoms with E-state index >= 15 is 0 Å². The summed E-state index contributed by atoms with van der Waals surface area (Å²) in [5.74, 6) is 0. The number of rotatable bonds is 2. The van der Waals surface area contributed by atoms with E-state index in [0.717, 1.165) is 29.3 Å². The standard InChI is InChI=1S/C11H12O2/c1-7-4-10(5-12)8(2)9(3)11(7)6-13/h4-6H,1-3H3. The van der Waals surface area contributed by atoms with Crippen molar-refractivity contribution in [3.05, 3.63) is 33.9 Å². The Bertz CT molecular complexity index is 365. The van der Waals surface area contributed by atoms with Crippen molar-refractivity contribution in [1.82, 2.24) is 0 Å². The molecule has 0 bridgehead atoms. The molecule has 0 spiro atoms. The van der Waals surface area contributed by atoms with Crippen molar-refractivity contribution in [3.8, 4) is 0 Å². The first-order valence-electron chi connectivity index (χ1n) is 4.13. The molecule has 0 amide bonds. The monoisotopic (exact) mass is 176 g/mol. The summed E-state index contributed by atoms with van der Waals surface area (Å²) >= 11 is 0. The Morgan fingerprint density at radius 2 is 1.62 bits per heavy atom. The minimum Gasteiger partial charge on any atom is -0.298 e. The number of hydrogen-bond acceptors (Lipinski definition) is 2. The van der Waals surface area contributed by atoms with Gasteiger partial charge in [0, 0.05) is 11.1 Å². The van der Waals surface area contributed by atoms with Gasteiger partial charge in [0.1, 0.15) is 6.29 Å². The molecule has 13 heavy (non-hydrogen) atoms. The van der Waals surface area contributed by atoms with Crippen LogP contribution in [-0.2, 0) is 0 Å². The lowest BCUT2D eigenvalue weighted by atomic mass is 9.95. The van der Waals surface area contributed by atoms with Crippen LogP contribution in [0.5, 0.6) is 0 Å². The number of hydrogen-bond donors (Lipinski definition) is 0. The smallest absolute Gasteiger partial charge is 0.150 e. The second-order valence-corrected chi connectivity index (χ2v) is 3.18. The van der Waals surface area contributed by atoms with E-state index in [4.69, 9.17) is 0 Å². The van der Waals surface area contributed by atoms with Crippen molar-refractivity contribution >= 4 is 12.6 Å². The second kappa shape index (κ2) is 3.52. The largest absolute Gasteiger partial charge is 0.298 e. The molecule has 1 rings (SSSR count). The molecule has 0 aromatic heterocycles. The van der Waals surface area contributed by atoms with Crippen LogP contribution in [0.25, 0.3) is 0 Å². The Hall–Kier alpha value is -1.44. The van der Waals surface area contributed by atoms with E-state index in [0.29, 0.717) is 11.1 Å². The highest BCUT2D eigenvalue weighted by Crippen LogP contribution is 2.19. The molecule has 0 aliphatic heterocycles. The van der Waals surface area contributed by atoms with E-state index < -0.39 is 0 Å².